The third-order valence-corrected chi connectivity index (χ3v) is 5.22. The average molecular weight is 288 g/mol. The Balaban J connectivity index is 1.53. The second-order valence-corrected chi connectivity index (χ2v) is 6.99. The van der Waals surface area contributed by atoms with E-state index in [0.29, 0.717) is 18.5 Å². The predicted molar refractivity (Wildman–Crippen MR) is 86.4 cm³/mol. The molecule has 0 amide bonds. The summed E-state index contributed by atoms with van der Waals surface area (Å²) in [5.41, 5.74) is 2.35. The van der Waals surface area contributed by atoms with Gasteiger partial charge in [-0.05, 0) is 48.9 Å². The first-order chi connectivity index (χ1) is 10.1. The molecule has 1 aromatic rings. The van der Waals surface area contributed by atoms with Crippen LogP contribution in [0.1, 0.15) is 49.8 Å². The van der Waals surface area contributed by atoms with E-state index in [1.54, 1.807) is 0 Å². The van der Waals surface area contributed by atoms with E-state index in [0.717, 1.165) is 18.0 Å². The highest BCUT2D eigenvalue weighted by atomic mass is 16.3. The molecule has 3 saturated heterocycles. The Morgan fingerprint density at radius 3 is 2.29 bits per heavy atom. The predicted octanol–water partition coefficient (Wildman–Crippen LogP) is 2.53. The van der Waals surface area contributed by atoms with Crippen molar-refractivity contribution in [2.75, 3.05) is 26.2 Å². The highest BCUT2D eigenvalue weighted by Gasteiger charge is 2.33. The maximum atomic E-state index is 10.4. The summed E-state index contributed by atoms with van der Waals surface area (Å²) >= 11 is 0. The van der Waals surface area contributed by atoms with Crippen molar-refractivity contribution in [3.63, 3.8) is 0 Å². The van der Waals surface area contributed by atoms with Crippen LogP contribution in [0, 0.1) is 5.92 Å². The van der Waals surface area contributed by atoms with Gasteiger partial charge < -0.3 is 15.3 Å². The third kappa shape index (κ3) is 3.47. The van der Waals surface area contributed by atoms with Crippen molar-refractivity contribution in [3.8, 4) is 0 Å². The highest BCUT2D eigenvalue weighted by molar-refractivity contribution is 5.26. The molecule has 0 spiro atoms. The number of benzene rings is 1. The van der Waals surface area contributed by atoms with E-state index in [9.17, 15) is 5.11 Å². The molecule has 1 aromatic carbocycles. The zero-order chi connectivity index (χ0) is 14.8. The molecule has 0 aromatic heterocycles. The third-order valence-electron chi connectivity index (χ3n) is 5.22. The molecule has 2 bridgehead atoms. The van der Waals surface area contributed by atoms with Crippen molar-refractivity contribution in [2.24, 2.45) is 5.92 Å². The van der Waals surface area contributed by atoms with E-state index < -0.39 is 6.10 Å². The Morgan fingerprint density at radius 2 is 1.76 bits per heavy atom. The first kappa shape index (κ1) is 15.0. The maximum Gasteiger partial charge on any atom is 0.0914 e. The molecule has 116 valence electrons. The summed E-state index contributed by atoms with van der Waals surface area (Å²) in [4.78, 5) is 2.54. The molecule has 3 aliphatic heterocycles. The van der Waals surface area contributed by atoms with Crippen molar-refractivity contribution in [1.29, 1.82) is 0 Å². The molecule has 3 heterocycles. The summed E-state index contributed by atoms with van der Waals surface area (Å²) in [6.07, 6.45) is 2.23. The van der Waals surface area contributed by atoms with Gasteiger partial charge in [-0.15, -0.1) is 0 Å². The standard InChI is InChI=1S/C18H28N2O/c1-13(2)14-3-5-16(6-4-14)18(21)11-19-17-12-20-9-7-15(17)8-10-20/h3-6,13,15,17-19,21H,7-12H2,1-2H3. The number of nitrogens with zero attached hydrogens (tertiary/aromatic N) is 1. The van der Waals surface area contributed by atoms with E-state index in [4.69, 9.17) is 0 Å². The minimum Gasteiger partial charge on any atom is -0.387 e. The molecule has 2 atom stereocenters. The monoisotopic (exact) mass is 288 g/mol. The molecule has 0 saturated carbocycles. The van der Waals surface area contributed by atoms with Crippen molar-refractivity contribution < 1.29 is 5.11 Å². The quantitative estimate of drug-likeness (QED) is 0.874. The summed E-state index contributed by atoms with van der Waals surface area (Å²) < 4.78 is 0. The van der Waals surface area contributed by atoms with Gasteiger partial charge in [0.1, 0.15) is 0 Å². The fourth-order valence-corrected chi connectivity index (χ4v) is 3.68. The van der Waals surface area contributed by atoms with Gasteiger partial charge in [0, 0.05) is 19.1 Å². The maximum absolute atomic E-state index is 10.4. The van der Waals surface area contributed by atoms with Gasteiger partial charge in [0.25, 0.3) is 0 Å². The first-order valence-electron chi connectivity index (χ1n) is 8.37. The van der Waals surface area contributed by atoms with Gasteiger partial charge in [0.2, 0.25) is 0 Å². The van der Waals surface area contributed by atoms with Crippen molar-refractivity contribution in [2.45, 2.75) is 44.8 Å². The van der Waals surface area contributed by atoms with Crippen LogP contribution >= 0.6 is 0 Å². The van der Waals surface area contributed by atoms with E-state index >= 15 is 0 Å². The van der Waals surface area contributed by atoms with Gasteiger partial charge in [-0.3, -0.25) is 0 Å². The Hall–Kier alpha value is -0.900. The lowest BCUT2D eigenvalue weighted by molar-refractivity contribution is 0.0635. The number of aliphatic hydroxyl groups is 1. The van der Waals surface area contributed by atoms with Crippen molar-refractivity contribution in [3.05, 3.63) is 35.4 Å². The van der Waals surface area contributed by atoms with Crippen LogP contribution in [-0.4, -0.2) is 42.2 Å². The van der Waals surface area contributed by atoms with Gasteiger partial charge in [0.15, 0.2) is 0 Å². The van der Waals surface area contributed by atoms with Crippen LogP contribution in [0.2, 0.25) is 0 Å². The zero-order valence-electron chi connectivity index (χ0n) is 13.3. The van der Waals surface area contributed by atoms with E-state index in [1.807, 2.05) is 0 Å². The smallest absolute Gasteiger partial charge is 0.0914 e. The molecule has 2 N–H and O–H groups in total. The molecular formula is C18H28N2O. The highest BCUT2D eigenvalue weighted by Crippen LogP contribution is 2.28. The lowest BCUT2D eigenvalue weighted by Crippen LogP contribution is -2.56. The molecule has 3 fully saturated rings. The van der Waals surface area contributed by atoms with Gasteiger partial charge in [0.05, 0.1) is 6.10 Å². The summed E-state index contributed by atoms with van der Waals surface area (Å²) in [6, 6.07) is 8.97. The van der Waals surface area contributed by atoms with Crippen LogP contribution in [0.25, 0.3) is 0 Å². The molecule has 2 unspecified atom stereocenters. The number of fused-ring (bicyclic) bond motifs is 3. The lowest BCUT2D eigenvalue weighted by atomic mass is 9.84. The Labute approximate surface area is 128 Å². The zero-order valence-corrected chi connectivity index (χ0v) is 13.3. The number of piperidine rings is 3. The molecule has 0 aliphatic carbocycles. The number of hydrogen-bond acceptors (Lipinski definition) is 3. The van der Waals surface area contributed by atoms with Crippen LogP contribution in [0.15, 0.2) is 24.3 Å². The van der Waals surface area contributed by atoms with Crippen LogP contribution in [0.4, 0.5) is 0 Å². The number of hydrogen-bond donors (Lipinski definition) is 2. The van der Waals surface area contributed by atoms with Gasteiger partial charge >= 0.3 is 0 Å². The van der Waals surface area contributed by atoms with Gasteiger partial charge in [-0.25, -0.2) is 0 Å². The second-order valence-electron chi connectivity index (χ2n) is 6.99. The average Bonchev–Trinajstić information content (AvgIpc) is 2.54. The van der Waals surface area contributed by atoms with Crippen LogP contribution in [0.3, 0.4) is 0 Å². The number of aliphatic hydroxyl groups excluding tert-OH is 1. The fourth-order valence-electron chi connectivity index (χ4n) is 3.68. The van der Waals surface area contributed by atoms with E-state index in [1.165, 1.54) is 31.5 Å². The fraction of sp³-hybridized carbons (Fsp3) is 0.667. The van der Waals surface area contributed by atoms with E-state index in [-0.39, 0.29) is 0 Å². The Kier molecular flexibility index (Phi) is 4.63. The van der Waals surface area contributed by atoms with Crippen LogP contribution in [-0.2, 0) is 0 Å². The Bertz CT molecular complexity index is 449. The number of nitrogens with one attached hydrogen (secondary N) is 1. The van der Waals surface area contributed by atoms with E-state index in [2.05, 4.69) is 48.3 Å². The van der Waals surface area contributed by atoms with Crippen LogP contribution in [0.5, 0.6) is 0 Å². The number of rotatable bonds is 5. The molecule has 3 heteroatoms. The molecule has 4 rings (SSSR count). The van der Waals surface area contributed by atoms with Gasteiger partial charge in [-0.2, -0.15) is 0 Å². The SMILES string of the molecule is CC(C)c1ccc(C(O)CNC2CN3CCC2CC3)cc1. The summed E-state index contributed by atoms with van der Waals surface area (Å²) in [7, 11) is 0. The minimum atomic E-state index is -0.401. The topological polar surface area (TPSA) is 35.5 Å². The molecule has 3 aliphatic rings. The summed E-state index contributed by atoms with van der Waals surface area (Å²) in [5, 5.41) is 14.0. The molecular weight excluding hydrogens is 260 g/mol. The summed E-state index contributed by atoms with van der Waals surface area (Å²) in [6.45, 7) is 8.74. The Morgan fingerprint density at radius 1 is 1.14 bits per heavy atom. The molecule has 0 radical (unpaired) electrons. The molecule has 3 nitrogen and oxygen atoms in total. The van der Waals surface area contributed by atoms with Crippen LogP contribution < -0.4 is 5.32 Å². The minimum absolute atomic E-state index is 0.401. The van der Waals surface area contributed by atoms with Crippen molar-refractivity contribution >= 4 is 0 Å². The molecule has 21 heavy (non-hydrogen) atoms. The largest absolute Gasteiger partial charge is 0.387 e. The summed E-state index contributed by atoms with van der Waals surface area (Å²) in [5.74, 6) is 1.35. The van der Waals surface area contributed by atoms with Gasteiger partial charge in [-0.1, -0.05) is 38.1 Å². The first-order valence-corrected chi connectivity index (χ1v) is 8.37. The second kappa shape index (κ2) is 6.47. The van der Waals surface area contributed by atoms with Crippen molar-refractivity contribution in [1.82, 2.24) is 10.2 Å². The normalized spacial score (nSPS) is 29.8. The lowest BCUT2D eigenvalue weighted by Gasteiger charge is -2.45.